The van der Waals surface area contributed by atoms with E-state index in [2.05, 4.69) is 19.1 Å². The van der Waals surface area contributed by atoms with Crippen LogP contribution in [0, 0.1) is 0 Å². The van der Waals surface area contributed by atoms with Crippen LogP contribution in [-0.2, 0) is 29.0 Å². The van der Waals surface area contributed by atoms with Crippen molar-refractivity contribution in [3.8, 4) is 17.0 Å². The first-order chi connectivity index (χ1) is 15.6. The van der Waals surface area contributed by atoms with E-state index < -0.39 is 0 Å². The molecule has 0 spiro atoms. The molecule has 0 radical (unpaired) electrons. The molecule has 0 saturated carbocycles. The van der Waals surface area contributed by atoms with Crippen LogP contribution in [0.2, 0.25) is 0 Å². The van der Waals surface area contributed by atoms with Gasteiger partial charge in [-0.3, -0.25) is 14.5 Å². The quantitative estimate of drug-likeness (QED) is 0.591. The molecule has 0 fully saturated rings. The highest BCUT2D eigenvalue weighted by Crippen LogP contribution is 2.36. The first-order valence-electron chi connectivity index (χ1n) is 11.0. The van der Waals surface area contributed by atoms with E-state index >= 15 is 0 Å². The van der Waals surface area contributed by atoms with Gasteiger partial charge in [-0.25, -0.2) is 4.98 Å². The maximum Gasteiger partial charge on any atom is 0.265 e. The van der Waals surface area contributed by atoms with Crippen molar-refractivity contribution in [1.82, 2.24) is 9.88 Å². The zero-order valence-electron chi connectivity index (χ0n) is 18.0. The van der Waals surface area contributed by atoms with Crippen molar-refractivity contribution in [2.45, 2.75) is 32.7 Å². The Morgan fingerprint density at radius 2 is 2.03 bits per heavy atom. The number of nitrogens with zero attached hydrogens (tertiary/aromatic N) is 3. The van der Waals surface area contributed by atoms with E-state index in [1.54, 1.807) is 16.2 Å². The Kier molecular flexibility index (Phi) is 5.66. The van der Waals surface area contributed by atoms with Crippen LogP contribution < -0.4 is 9.64 Å². The maximum atomic E-state index is 13.1. The van der Waals surface area contributed by atoms with E-state index in [1.807, 2.05) is 40.6 Å². The lowest BCUT2D eigenvalue weighted by molar-refractivity contribution is -0.132. The van der Waals surface area contributed by atoms with E-state index in [1.165, 1.54) is 11.1 Å². The van der Waals surface area contributed by atoms with E-state index in [9.17, 15) is 9.59 Å². The zero-order chi connectivity index (χ0) is 22.1. The third kappa shape index (κ3) is 4.00. The number of ether oxygens (including phenoxy) is 1. The molecule has 2 aromatic carbocycles. The molecule has 0 N–H and O–H groups in total. The van der Waals surface area contributed by atoms with Gasteiger partial charge in [-0.15, -0.1) is 11.3 Å². The van der Waals surface area contributed by atoms with Gasteiger partial charge < -0.3 is 9.64 Å². The minimum atomic E-state index is -0.203. The molecule has 0 saturated heterocycles. The van der Waals surface area contributed by atoms with Crippen LogP contribution >= 0.6 is 11.3 Å². The lowest BCUT2D eigenvalue weighted by Crippen LogP contribution is -2.47. The Morgan fingerprint density at radius 1 is 1.19 bits per heavy atom. The molecule has 0 bridgehead atoms. The minimum Gasteiger partial charge on any atom is -0.482 e. The Bertz CT molecular complexity index is 1170. The third-order valence-corrected chi connectivity index (χ3v) is 6.90. The van der Waals surface area contributed by atoms with Crippen LogP contribution in [0.4, 0.5) is 5.69 Å². The van der Waals surface area contributed by atoms with Gasteiger partial charge in [0.15, 0.2) is 6.61 Å². The summed E-state index contributed by atoms with van der Waals surface area (Å²) >= 11 is 1.65. The third-order valence-electron chi connectivity index (χ3n) is 5.99. The SMILES string of the molecule is CCCc1nc(-c2ccc3c(c2)N(CC(=O)N2CCc4ccccc4C2)C(=O)CO3)cs1. The number of thiazole rings is 1. The lowest BCUT2D eigenvalue weighted by Gasteiger charge is -2.33. The Labute approximate surface area is 191 Å². The van der Waals surface area contributed by atoms with Crippen LogP contribution in [0.25, 0.3) is 11.3 Å². The van der Waals surface area contributed by atoms with Crippen LogP contribution in [0.5, 0.6) is 5.75 Å². The number of hydrogen-bond donors (Lipinski definition) is 0. The van der Waals surface area contributed by atoms with Crippen LogP contribution in [0.3, 0.4) is 0 Å². The normalized spacial score (nSPS) is 15.2. The van der Waals surface area contributed by atoms with Gasteiger partial charge in [0.1, 0.15) is 12.3 Å². The largest absolute Gasteiger partial charge is 0.482 e. The summed E-state index contributed by atoms with van der Waals surface area (Å²) in [4.78, 5) is 34.0. The maximum absolute atomic E-state index is 13.1. The first-order valence-corrected chi connectivity index (χ1v) is 11.9. The van der Waals surface area contributed by atoms with Crippen LogP contribution in [0.15, 0.2) is 47.8 Å². The summed E-state index contributed by atoms with van der Waals surface area (Å²) in [5.74, 6) is 0.365. The molecule has 1 aromatic heterocycles. The number of amides is 2. The van der Waals surface area contributed by atoms with Crippen molar-refractivity contribution in [1.29, 1.82) is 0 Å². The van der Waals surface area contributed by atoms with Crippen molar-refractivity contribution >= 4 is 28.8 Å². The number of aromatic nitrogens is 1. The lowest BCUT2D eigenvalue weighted by atomic mass is 10.00. The number of rotatable bonds is 5. The minimum absolute atomic E-state index is 0.0129. The first kappa shape index (κ1) is 20.7. The highest BCUT2D eigenvalue weighted by atomic mass is 32.1. The highest BCUT2D eigenvalue weighted by Gasteiger charge is 2.30. The number of hydrogen-bond acceptors (Lipinski definition) is 5. The second-order valence-corrected chi connectivity index (χ2v) is 9.10. The number of carbonyl (C=O) groups excluding carboxylic acids is 2. The van der Waals surface area contributed by atoms with Gasteiger partial charge in [0.25, 0.3) is 5.91 Å². The number of carbonyl (C=O) groups is 2. The van der Waals surface area contributed by atoms with Gasteiger partial charge in [-0.2, -0.15) is 0 Å². The molecule has 2 amide bonds. The molecular formula is C25H25N3O3S. The smallest absolute Gasteiger partial charge is 0.265 e. The topological polar surface area (TPSA) is 62.7 Å². The van der Waals surface area contributed by atoms with Crippen LogP contribution in [0.1, 0.15) is 29.5 Å². The molecule has 7 heteroatoms. The summed E-state index contributed by atoms with van der Waals surface area (Å²) in [6.45, 7) is 3.34. The van der Waals surface area contributed by atoms with Gasteiger partial charge in [0, 0.05) is 24.0 Å². The summed E-state index contributed by atoms with van der Waals surface area (Å²) < 4.78 is 5.64. The Balaban J connectivity index is 1.38. The fourth-order valence-electron chi connectivity index (χ4n) is 4.25. The molecule has 6 nitrogen and oxygen atoms in total. The van der Waals surface area contributed by atoms with Gasteiger partial charge >= 0.3 is 0 Å². The molecule has 0 aliphatic carbocycles. The molecule has 0 atom stereocenters. The summed E-state index contributed by atoms with van der Waals surface area (Å²) in [5, 5.41) is 3.14. The molecule has 3 heterocycles. The predicted molar refractivity (Wildman–Crippen MR) is 125 cm³/mol. The summed E-state index contributed by atoms with van der Waals surface area (Å²) in [6, 6.07) is 14.0. The Hall–Kier alpha value is -3.19. The molecule has 0 unspecified atom stereocenters. The van der Waals surface area contributed by atoms with Gasteiger partial charge in [-0.05, 0) is 48.6 Å². The molecule has 32 heavy (non-hydrogen) atoms. The molecule has 2 aliphatic rings. The van der Waals surface area contributed by atoms with Gasteiger partial charge in [-0.1, -0.05) is 31.2 Å². The van der Waals surface area contributed by atoms with E-state index in [0.717, 1.165) is 35.5 Å². The van der Waals surface area contributed by atoms with E-state index in [0.29, 0.717) is 24.5 Å². The number of aryl methyl sites for hydroxylation is 1. The number of anilines is 1. The monoisotopic (exact) mass is 447 g/mol. The fraction of sp³-hybridized carbons (Fsp3) is 0.320. The second kappa shape index (κ2) is 8.74. The van der Waals surface area contributed by atoms with Crippen molar-refractivity contribution in [3.05, 3.63) is 64.0 Å². The van der Waals surface area contributed by atoms with Gasteiger partial charge in [0.2, 0.25) is 5.91 Å². The van der Waals surface area contributed by atoms with E-state index in [4.69, 9.17) is 9.72 Å². The van der Waals surface area contributed by atoms with Crippen molar-refractivity contribution < 1.29 is 14.3 Å². The second-order valence-electron chi connectivity index (χ2n) is 8.16. The highest BCUT2D eigenvalue weighted by molar-refractivity contribution is 7.09. The molecule has 5 rings (SSSR count). The standard InChI is InChI=1S/C25H25N3O3S/c1-2-5-23-26-20(16-32-23)18-8-9-22-21(12-18)28(25(30)15-31-22)14-24(29)27-11-10-17-6-3-4-7-19(17)13-27/h3-4,6-9,12,16H,2,5,10-11,13-15H2,1H3. The zero-order valence-corrected chi connectivity index (χ0v) is 18.9. The predicted octanol–water partition coefficient (Wildman–Crippen LogP) is 4.07. The molecule has 164 valence electrons. The number of benzene rings is 2. The summed E-state index contributed by atoms with van der Waals surface area (Å²) in [5.41, 5.74) is 4.91. The van der Waals surface area contributed by atoms with Crippen molar-refractivity contribution in [3.63, 3.8) is 0 Å². The van der Waals surface area contributed by atoms with Crippen LogP contribution in [-0.4, -0.2) is 41.4 Å². The molecule has 3 aromatic rings. The summed E-state index contributed by atoms with van der Waals surface area (Å²) in [7, 11) is 0. The average molecular weight is 448 g/mol. The van der Waals surface area contributed by atoms with Gasteiger partial charge in [0.05, 0.1) is 16.4 Å². The van der Waals surface area contributed by atoms with E-state index in [-0.39, 0.29) is 25.0 Å². The van der Waals surface area contributed by atoms with Crippen molar-refractivity contribution in [2.75, 3.05) is 24.6 Å². The fourth-order valence-corrected chi connectivity index (χ4v) is 5.16. The van der Waals surface area contributed by atoms with Crippen molar-refractivity contribution in [2.24, 2.45) is 0 Å². The summed E-state index contributed by atoms with van der Waals surface area (Å²) in [6.07, 6.45) is 2.84. The average Bonchev–Trinajstić information content (AvgIpc) is 3.29. The number of fused-ring (bicyclic) bond motifs is 2. The molecular weight excluding hydrogens is 422 g/mol. The molecule has 2 aliphatic heterocycles. The Morgan fingerprint density at radius 3 is 2.88 bits per heavy atom.